The molecular formula is C25H26BrNO4S. The van der Waals surface area contributed by atoms with Crippen LogP contribution in [0.1, 0.15) is 47.5 Å². The van der Waals surface area contributed by atoms with Gasteiger partial charge in [-0.2, -0.15) is 0 Å². The van der Waals surface area contributed by atoms with Crippen molar-refractivity contribution in [1.29, 1.82) is 0 Å². The van der Waals surface area contributed by atoms with E-state index >= 15 is 0 Å². The topological polar surface area (TPSA) is 64.6 Å². The van der Waals surface area contributed by atoms with E-state index in [4.69, 9.17) is 9.47 Å². The van der Waals surface area contributed by atoms with Crippen LogP contribution in [0.2, 0.25) is 0 Å². The predicted molar refractivity (Wildman–Crippen MR) is 133 cm³/mol. The van der Waals surface area contributed by atoms with E-state index in [0.29, 0.717) is 22.2 Å². The highest BCUT2D eigenvalue weighted by Gasteiger charge is 2.25. The van der Waals surface area contributed by atoms with Crippen LogP contribution in [-0.4, -0.2) is 25.1 Å². The first-order valence-corrected chi connectivity index (χ1v) is 12.0. The van der Waals surface area contributed by atoms with Gasteiger partial charge in [0.05, 0.1) is 11.1 Å². The number of ether oxygens (including phenoxy) is 2. The van der Waals surface area contributed by atoms with E-state index in [2.05, 4.69) is 35.1 Å². The minimum Gasteiger partial charge on any atom is -0.483 e. The average Bonchev–Trinajstić information content (AvgIpc) is 3.09. The highest BCUT2D eigenvalue weighted by molar-refractivity contribution is 9.10. The van der Waals surface area contributed by atoms with Crippen molar-refractivity contribution in [2.24, 2.45) is 0 Å². The Balaban J connectivity index is 1.81. The van der Waals surface area contributed by atoms with Crippen molar-refractivity contribution in [2.75, 3.05) is 18.5 Å². The van der Waals surface area contributed by atoms with E-state index in [9.17, 15) is 9.59 Å². The SMILES string of the molecule is CCOC(=O)c1c(NC(=O)COc2ccc(C(C)C)cc2Br)sc(C)c1-c1ccccc1. The number of benzene rings is 2. The van der Waals surface area contributed by atoms with E-state index < -0.39 is 5.97 Å². The lowest BCUT2D eigenvalue weighted by Crippen LogP contribution is -2.21. The summed E-state index contributed by atoms with van der Waals surface area (Å²) in [5.74, 6) is 0.170. The minimum atomic E-state index is -0.459. The van der Waals surface area contributed by atoms with Crippen molar-refractivity contribution in [3.63, 3.8) is 0 Å². The van der Waals surface area contributed by atoms with Gasteiger partial charge in [-0.15, -0.1) is 11.3 Å². The summed E-state index contributed by atoms with van der Waals surface area (Å²) in [6.07, 6.45) is 0. The van der Waals surface area contributed by atoms with Crippen LogP contribution in [0.4, 0.5) is 5.00 Å². The molecule has 0 fully saturated rings. The number of hydrogen-bond acceptors (Lipinski definition) is 5. The van der Waals surface area contributed by atoms with Crippen LogP contribution in [0.5, 0.6) is 5.75 Å². The summed E-state index contributed by atoms with van der Waals surface area (Å²) in [6.45, 7) is 7.98. The molecule has 2 aromatic carbocycles. The van der Waals surface area contributed by atoms with Gasteiger partial charge in [0.25, 0.3) is 5.91 Å². The van der Waals surface area contributed by atoms with Crippen LogP contribution < -0.4 is 10.1 Å². The van der Waals surface area contributed by atoms with E-state index in [-0.39, 0.29) is 19.1 Å². The molecule has 0 bridgehead atoms. The first-order valence-electron chi connectivity index (χ1n) is 10.4. The quantitative estimate of drug-likeness (QED) is 0.335. The molecule has 0 saturated carbocycles. The zero-order chi connectivity index (χ0) is 23.3. The standard InChI is InChI=1S/C25H26BrNO4S/c1-5-30-25(29)23-22(17-9-7-6-8-10-17)16(4)32-24(23)27-21(28)14-31-20-12-11-18(15(2)3)13-19(20)26/h6-13,15H,5,14H2,1-4H3,(H,27,28). The lowest BCUT2D eigenvalue weighted by Gasteiger charge is -2.12. The number of carbonyl (C=O) groups is 2. The molecule has 1 N–H and O–H groups in total. The van der Waals surface area contributed by atoms with Crippen LogP contribution in [0, 0.1) is 6.92 Å². The minimum absolute atomic E-state index is 0.181. The summed E-state index contributed by atoms with van der Waals surface area (Å²) in [5, 5.41) is 3.30. The Labute approximate surface area is 200 Å². The lowest BCUT2D eigenvalue weighted by atomic mass is 10.0. The normalized spacial score (nSPS) is 10.8. The van der Waals surface area contributed by atoms with Crippen LogP contribution in [0.3, 0.4) is 0 Å². The second-order valence-corrected chi connectivity index (χ2v) is 9.58. The fraction of sp³-hybridized carbons (Fsp3) is 0.280. The molecule has 1 amide bonds. The lowest BCUT2D eigenvalue weighted by molar-refractivity contribution is -0.118. The van der Waals surface area contributed by atoms with Crippen molar-refractivity contribution < 1.29 is 19.1 Å². The molecule has 32 heavy (non-hydrogen) atoms. The van der Waals surface area contributed by atoms with Gasteiger partial charge in [-0.25, -0.2) is 4.79 Å². The van der Waals surface area contributed by atoms with Gasteiger partial charge < -0.3 is 14.8 Å². The van der Waals surface area contributed by atoms with Crippen molar-refractivity contribution >= 4 is 44.1 Å². The third kappa shape index (κ3) is 5.58. The van der Waals surface area contributed by atoms with Crippen LogP contribution >= 0.6 is 27.3 Å². The maximum absolute atomic E-state index is 12.8. The zero-order valence-electron chi connectivity index (χ0n) is 18.5. The number of carbonyl (C=O) groups excluding carboxylic acids is 2. The van der Waals surface area contributed by atoms with Crippen LogP contribution in [-0.2, 0) is 9.53 Å². The van der Waals surface area contributed by atoms with Crippen LogP contribution in [0.15, 0.2) is 53.0 Å². The Morgan fingerprint density at radius 2 is 1.84 bits per heavy atom. The molecule has 7 heteroatoms. The summed E-state index contributed by atoms with van der Waals surface area (Å²) in [7, 11) is 0. The van der Waals surface area contributed by atoms with Crippen molar-refractivity contribution in [3.05, 3.63) is 69.0 Å². The highest BCUT2D eigenvalue weighted by Crippen LogP contribution is 2.40. The van der Waals surface area contributed by atoms with Crippen LogP contribution in [0.25, 0.3) is 11.1 Å². The highest BCUT2D eigenvalue weighted by atomic mass is 79.9. The smallest absolute Gasteiger partial charge is 0.341 e. The Morgan fingerprint density at radius 1 is 1.12 bits per heavy atom. The molecule has 0 aliphatic carbocycles. The van der Waals surface area contributed by atoms with E-state index in [0.717, 1.165) is 20.5 Å². The molecule has 168 valence electrons. The number of esters is 1. The van der Waals surface area contributed by atoms with Crippen molar-refractivity contribution in [1.82, 2.24) is 0 Å². The molecule has 0 saturated heterocycles. The predicted octanol–water partition coefficient (Wildman–Crippen LogP) is 6.80. The van der Waals surface area contributed by atoms with E-state index in [1.807, 2.05) is 55.5 Å². The Morgan fingerprint density at radius 3 is 2.47 bits per heavy atom. The molecule has 3 aromatic rings. The Hall–Kier alpha value is -2.64. The molecule has 5 nitrogen and oxygen atoms in total. The molecule has 1 aromatic heterocycles. The number of rotatable bonds is 8. The number of anilines is 1. The second kappa shape index (κ2) is 10.8. The number of hydrogen-bond donors (Lipinski definition) is 1. The maximum atomic E-state index is 12.8. The Bertz CT molecular complexity index is 1110. The monoisotopic (exact) mass is 515 g/mol. The van der Waals surface area contributed by atoms with Gasteiger partial charge in [0.1, 0.15) is 16.3 Å². The first-order chi connectivity index (χ1) is 15.3. The zero-order valence-corrected chi connectivity index (χ0v) is 20.9. The van der Waals surface area contributed by atoms with Gasteiger partial charge in [-0.05, 0) is 59.0 Å². The van der Waals surface area contributed by atoms with Gasteiger partial charge >= 0.3 is 5.97 Å². The number of aryl methyl sites for hydroxylation is 1. The molecule has 1 heterocycles. The van der Waals surface area contributed by atoms with Crippen molar-refractivity contribution in [2.45, 2.75) is 33.6 Å². The van der Waals surface area contributed by atoms with Gasteiger partial charge in [0.15, 0.2) is 6.61 Å². The number of thiophene rings is 1. The first kappa shape index (κ1) is 24.0. The summed E-state index contributed by atoms with van der Waals surface area (Å²) in [6, 6.07) is 15.4. The molecular weight excluding hydrogens is 490 g/mol. The fourth-order valence-electron chi connectivity index (χ4n) is 3.28. The number of nitrogens with one attached hydrogen (secondary N) is 1. The average molecular weight is 516 g/mol. The second-order valence-electron chi connectivity index (χ2n) is 7.51. The third-order valence-corrected chi connectivity index (χ3v) is 6.50. The summed E-state index contributed by atoms with van der Waals surface area (Å²) in [4.78, 5) is 26.3. The third-order valence-electron chi connectivity index (χ3n) is 4.86. The molecule has 0 spiro atoms. The van der Waals surface area contributed by atoms with Gasteiger partial charge in [0, 0.05) is 10.4 Å². The summed E-state index contributed by atoms with van der Waals surface area (Å²) < 4.78 is 11.8. The van der Waals surface area contributed by atoms with Gasteiger partial charge in [-0.3, -0.25) is 4.79 Å². The Kier molecular flexibility index (Phi) is 8.10. The number of amides is 1. The molecule has 0 unspecified atom stereocenters. The molecule has 0 aliphatic heterocycles. The molecule has 0 aliphatic rings. The molecule has 3 rings (SSSR count). The van der Waals surface area contributed by atoms with E-state index in [1.165, 1.54) is 16.9 Å². The molecule has 0 atom stereocenters. The molecule has 0 radical (unpaired) electrons. The maximum Gasteiger partial charge on any atom is 0.341 e. The fourth-order valence-corrected chi connectivity index (χ4v) is 4.87. The number of halogens is 1. The van der Waals surface area contributed by atoms with E-state index in [1.54, 1.807) is 6.92 Å². The summed E-state index contributed by atoms with van der Waals surface area (Å²) >= 11 is 4.85. The van der Waals surface area contributed by atoms with Gasteiger partial charge in [0.2, 0.25) is 0 Å². The summed E-state index contributed by atoms with van der Waals surface area (Å²) in [5.41, 5.74) is 3.22. The van der Waals surface area contributed by atoms with Gasteiger partial charge in [-0.1, -0.05) is 50.2 Å². The largest absolute Gasteiger partial charge is 0.483 e. The van der Waals surface area contributed by atoms with Crippen molar-refractivity contribution in [3.8, 4) is 16.9 Å².